The smallest absolute Gasteiger partial charge is 0.261 e. The lowest BCUT2D eigenvalue weighted by Gasteiger charge is -2.17. The lowest BCUT2D eigenvalue weighted by molar-refractivity contribution is -0.117. The zero-order valence-electron chi connectivity index (χ0n) is 18.3. The summed E-state index contributed by atoms with van der Waals surface area (Å²) in [5.74, 6) is 0.210. The molecule has 0 saturated carbocycles. The molecule has 1 aliphatic heterocycles. The summed E-state index contributed by atoms with van der Waals surface area (Å²) in [5, 5.41) is 12.3. The van der Waals surface area contributed by atoms with Gasteiger partial charge in [0.05, 0.1) is 12.7 Å². The lowest BCUT2D eigenvalue weighted by atomic mass is 10.1. The monoisotopic (exact) mass is 468 g/mol. The number of carbonyl (C=O) groups excluding carboxylic acids is 2. The Bertz CT molecular complexity index is 1180. The van der Waals surface area contributed by atoms with Crippen LogP contribution in [0, 0.1) is 13.8 Å². The first-order chi connectivity index (χ1) is 15.4. The van der Waals surface area contributed by atoms with Crippen molar-refractivity contribution in [1.29, 1.82) is 0 Å². The number of methoxy groups -OCH3 is 1. The number of aromatic nitrogens is 2. The molecule has 1 saturated heterocycles. The van der Waals surface area contributed by atoms with Crippen molar-refractivity contribution in [3.63, 3.8) is 0 Å². The van der Waals surface area contributed by atoms with Crippen LogP contribution in [0.4, 0.5) is 10.8 Å². The maximum absolute atomic E-state index is 12.8. The van der Waals surface area contributed by atoms with Crippen LogP contribution in [0.15, 0.2) is 41.3 Å². The third-order valence-electron chi connectivity index (χ3n) is 5.59. The zero-order chi connectivity index (χ0) is 22.8. The summed E-state index contributed by atoms with van der Waals surface area (Å²) in [5.41, 5.74) is 3.68. The van der Waals surface area contributed by atoms with E-state index in [1.165, 1.54) is 24.0 Å². The average molecular weight is 469 g/mol. The first-order valence-electron chi connectivity index (χ1n) is 10.1. The van der Waals surface area contributed by atoms with Gasteiger partial charge in [-0.05, 0) is 61.6 Å². The van der Waals surface area contributed by atoms with Gasteiger partial charge in [-0.3, -0.25) is 14.9 Å². The van der Waals surface area contributed by atoms with Gasteiger partial charge in [0.25, 0.3) is 5.91 Å². The van der Waals surface area contributed by atoms with Crippen LogP contribution >= 0.6 is 23.1 Å². The molecule has 166 valence electrons. The maximum atomic E-state index is 12.8. The molecule has 0 aliphatic carbocycles. The molecular weight excluding hydrogens is 444 g/mol. The van der Waals surface area contributed by atoms with Crippen LogP contribution in [0.5, 0.6) is 5.75 Å². The first-order valence-corrected chi connectivity index (χ1v) is 12.2. The molecule has 3 aromatic rings. The molecule has 1 atom stereocenters. The number of anilines is 2. The second-order valence-corrected chi connectivity index (χ2v) is 9.53. The van der Waals surface area contributed by atoms with Crippen LogP contribution in [0.1, 0.15) is 38.8 Å². The summed E-state index contributed by atoms with van der Waals surface area (Å²) in [6, 6.07) is 11.5. The molecule has 0 bridgehead atoms. The molecule has 1 aliphatic rings. The van der Waals surface area contributed by atoms with Crippen molar-refractivity contribution >= 4 is 45.7 Å². The van der Waals surface area contributed by atoms with Crippen LogP contribution in [-0.2, 0) is 4.79 Å². The average Bonchev–Trinajstić information content (AvgIpc) is 3.41. The molecule has 32 heavy (non-hydrogen) atoms. The van der Waals surface area contributed by atoms with Gasteiger partial charge >= 0.3 is 0 Å². The van der Waals surface area contributed by atoms with Gasteiger partial charge in [-0.25, -0.2) is 0 Å². The number of hydrogen-bond donors (Lipinski definition) is 1. The predicted molar refractivity (Wildman–Crippen MR) is 128 cm³/mol. The minimum absolute atomic E-state index is 0.0531. The van der Waals surface area contributed by atoms with Gasteiger partial charge in [-0.2, -0.15) is 0 Å². The molecule has 7 nitrogen and oxygen atoms in total. The summed E-state index contributed by atoms with van der Waals surface area (Å²) in [6.07, 6.45) is 2.34. The van der Waals surface area contributed by atoms with Gasteiger partial charge in [0.2, 0.25) is 11.0 Å². The number of aryl methyl sites for hydroxylation is 2. The predicted octanol–water partition coefficient (Wildman–Crippen LogP) is 4.66. The van der Waals surface area contributed by atoms with Crippen molar-refractivity contribution in [1.82, 2.24) is 10.2 Å². The summed E-state index contributed by atoms with van der Waals surface area (Å²) in [4.78, 5) is 28.2. The van der Waals surface area contributed by atoms with E-state index >= 15 is 0 Å². The van der Waals surface area contributed by atoms with E-state index in [9.17, 15) is 9.59 Å². The van der Waals surface area contributed by atoms with Crippen LogP contribution in [-0.4, -0.2) is 41.9 Å². The number of nitrogens with one attached hydrogen (secondary N) is 1. The summed E-state index contributed by atoms with van der Waals surface area (Å²) in [7, 11) is 1.54. The van der Waals surface area contributed by atoms with Crippen LogP contribution in [0.25, 0.3) is 0 Å². The minimum atomic E-state index is -0.309. The highest BCUT2D eigenvalue weighted by atomic mass is 32.2. The molecule has 2 heterocycles. The van der Waals surface area contributed by atoms with E-state index in [-0.39, 0.29) is 17.7 Å². The third kappa shape index (κ3) is 4.49. The lowest BCUT2D eigenvalue weighted by Crippen LogP contribution is -2.24. The number of ether oxygens (including phenoxy) is 1. The molecule has 1 aromatic heterocycles. The third-order valence-corrected chi connectivity index (χ3v) is 7.32. The molecule has 1 fully saturated rings. The molecule has 0 unspecified atom stereocenters. The zero-order valence-corrected chi connectivity index (χ0v) is 20.0. The van der Waals surface area contributed by atoms with Gasteiger partial charge in [-0.1, -0.05) is 17.4 Å². The van der Waals surface area contributed by atoms with Crippen molar-refractivity contribution in [2.75, 3.05) is 30.1 Å². The van der Waals surface area contributed by atoms with E-state index in [1.807, 2.05) is 43.5 Å². The topological polar surface area (TPSA) is 84.4 Å². The Morgan fingerprint density at radius 2 is 2.00 bits per heavy atom. The molecule has 1 N–H and O–H groups in total. The summed E-state index contributed by atoms with van der Waals surface area (Å²) < 4.78 is 5.36. The fourth-order valence-corrected chi connectivity index (χ4v) is 4.88. The summed E-state index contributed by atoms with van der Waals surface area (Å²) in [6.45, 7) is 4.64. The van der Waals surface area contributed by atoms with Gasteiger partial charge < -0.3 is 9.64 Å². The second kappa shape index (κ2) is 9.30. The Morgan fingerprint density at radius 3 is 2.72 bits per heavy atom. The minimum Gasteiger partial charge on any atom is -0.496 e. The SMILES string of the molecule is COc1cc(SC)ccc1C(=O)Nc1nnc([C@H]2CC(=O)N(c3ccc(C)c(C)c3)C2)s1. The van der Waals surface area contributed by atoms with E-state index < -0.39 is 0 Å². The van der Waals surface area contributed by atoms with Gasteiger partial charge in [0.1, 0.15) is 10.8 Å². The Kier molecular flexibility index (Phi) is 6.48. The number of amides is 2. The largest absolute Gasteiger partial charge is 0.496 e. The van der Waals surface area contributed by atoms with Crippen LogP contribution in [0.2, 0.25) is 0 Å². The quantitative estimate of drug-likeness (QED) is 0.530. The fourth-order valence-electron chi connectivity index (χ4n) is 3.62. The molecular formula is C23H24N4O3S2. The van der Waals surface area contributed by atoms with E-state index in [2.05, 4.69) is 22.4 Å². The maximum Gasteiger partial charge on any atom is 0.261 e. The normalized spacial score (nSPS) is 15.8. The van der Waals surface area contributed by atoms with E-state index in [1.54, 1.807) is 22.7 Å². The van der Waals surface area contributed by atoms with Crippen molar-refractivity contribution in [2.24, 2.45) is 0 Å². The Hall–Kier alpha value is -2.91. The number of nitrogens with zero attached hydrogens (tertiary/aromatic N) is 3. The van der Waals surface area contributed by atoms with Gasteiger partial charge in [0.15, 0.2) is 0 Å². The fraction of sp³-hybridized carbons (Fsp3) is 0.304. The standard InChI is InChI=1S/C23H24N4O3S2/c1-13-5-6-16(9-14(13)2)27-12-15(10-20(27)28)22-25-26-23(32-22)24-21(29)18-8-7-17(31-4)11-19(18)30-3/h5-9,11,15H,10,12H2,1-4H3,(H,24,26,29)/t15-/m0/s1. The molecule has 0 radical (unpaired) electrons. The Labute approximate surface area is 195 Å². The second-order valence-electron chi connectivity index (χ2n) is 7.64. The van der Waals surface area contributed by atoms with Crippen LogP contribution in [0.3, 0.4) is 0 Å². The van der Waals surface area contributed by atoms with Crippen LogP contribution < -0.4 is 15.0 Å². The highest BCUT2D eigenvalue weighted by Gasteiger charge is 2.34. The van der Waals surface area contributed by atoms with Crippen molar-refractivity contribution in [2.45, 2.75) is 31.1 Å². The molecule has 9 heteroatoms. The highest BCUT2D eigenvalue weighted by Crippen LogP contribution is 2.35. The number of carbonyl (C=O) groups is 2. The van der Waals surface area contributed by atoms with E-state index in [0.29, 0.717) is 29.4 Å². The van der Waals surface area contributed by atoms with Crippen molar-refractivity contribution in [3.05, 3.63) is 58.1 Å². The number of thioether (sulfide) groups is 1. The number of hydrogen-bond acceptors (Lipinski definition) is 7. The molecule has 2 amide bonds. The van der Waals surface area contributed by atoms with E-state index in [4.69, 9.17) is 4.74 Å². The Balaban J connectivity index is 1.47. The Morgan fingerprint density at radius 1 is 1.19 bits per heavy atom. The first kappa shape index (κ1) is 22.3. The molecule has 2 aromatic carbocycles. The van der Waals surface area contributed by atoms with Crippen molar-refractivity contribution < 1.29 is 14.3 Å². The molecule has 4 rings (SSSR count). The summed E-state index contributed by atoms with van der Waals surface area (Å²) >= 11 is 2.88. The van der Waals surface area contributed by atoms with Crippen molar-refractivity contribution in [3.8, 4) is 5.75 Å². The van der Waals surface area contributed by atoms with Gasteiger partial charge in [0, 0.05) is 29.5 Å². The highest BCUT2D eigenvalue weighted by molar-refractivity contribution is 7.98. The van der Waals surface area contributed by atoms with Gasteiger partial charge in [-0.15, -0.1) is 22.0 Å². The van der Waals surface area contributed by atoms with E-state index in [0.717, 1.165) is 21.2 Å². The number of rotatable bonds is 6. The molecule has 0 spiro atoms. The number of benzene rings is 2.